The Morgan fingerprint density at radius 1 is 1.00 bits per heavy atom. The van der Waals surface area contributed by atoms with Crippen LogP contribution in [0.5, 0.6) is 11.5 Å². The van der Waals surface area contributed by atoms with Crippen molar-refractivity contribution in [1.29, 1.82) is 0 Å². The summed E-state index contributed by atoms with van der Waals surface area (Å²) in [5, 5.41) is 3.67. The molecular weight excluding hydrogens is 514 g/mol. The predicted molar refractivity (Wildman–Crippen MR) is 145 cm³/mol. The van der Waals surface area contributed by atoms with Crippen LogP contribution in [0.4, 0.5) is 11.4 Å². The number of nitrogens with one attached hydrogen (secondary N) is 2. The van der Waals surface area contributed by atoms with Gasteiger partial charge in [0.1, 0.15) is 11.5 Å². The molecule has 0 saturated carbocycles. The largest absolute Gasteiger partial charge is 0.497 e. The van der Waals surface area contributed by atoms with Gasteiger partial charge in [-0.25, -0.2) is 8.42 Å². The van der Waals surface area contributed by atoms with Gasteiger partial charge in [-0.15, -0.1) is 0 Å². The summed E-state index contributed by atoms with van der Waals surface area (Å²) in [6.45, 7) is 2.38. The van der Waals surface area contributed by atoms with Gasteiger partial charge in [0, 0.05) is 29.2 Å². The van der Waals surface area contributed by atoms with E-state index in [0.717, 1.165) is 43.1 Å². The SMILES string of the molecule is COc1ccc(NS(=O)(=O)c2ccc(NC(=O)C3CCN(Cc4ccccc4Cl)CC3)cc2)c(OC)c1. The summed E-state index contributed by atoms with van der Waals surface area (Å²) in [7, 11) is -0.895. The molecule has 0 radical (unpaired) electrons. The summed E-state index contributed by atoms with van der Waals surface area (Å²) in [4.78, 5) is 15.2. The standard InChI is InChI=1S/C27H30ClN3O5S/c1-35-22-9-12-25(26(17-22)36-2)30-37(33,34)23-10-7-21(8-11-23)29-27(32)19-13-15-31(16-14-19)18-20-5-3-4-6-24(20)28/h3-12,17,19,30H,13-16,18H2,1-2H3,(H,29,32). The number of methoxy groups -OCH3 is 2. The number of ether oxygens (including phenoxy) is 2. The lowest BCUT2D eigenvalue weighted by atomic mass is 9.95. The van der Waals surface area contributed by atoms with Crippen molar-refractivity contribution in [3.63, 3.8) is 0 Å². The molecule has 3 aromatic rings. The van der Waals surface area contributed by atoms with Crippen LogP contribution in [0, 0.1) is 5.92 Å². The first-order chi connectivity index (χ1) is 17.8. The third-order valence-electron chi connectivity index (χ3n) is 6.40. The maximum absolute atomic E-state index is 12.9. The minimum absolute atomic E-state index is 0.0610. The van der Waals surface area contributed by atoms with Crippen molar-refractivity contribution in [2.24, 2.45) is 5.92 Å². The lowest BCUT2D eigenvalue weighted by Gasteiger charge is -2.31. The predicted octanol–water partition coefficient (Wildman–Crippen LogP) is 5.01. The molecule has 0 atom stereocenters. The molecule has 1 aliphatic rings. The van der Waals surface area contributed by atoms with Gasteiger partial charge in [-0.2, -0.15) is 0 Å². The van der Waals surface area contributed by atoms with Crippen LogP contribution in [0.25, 0.3) is 0 Å². The topological polar surface area (TPSA) is 97.0 Å². The number of carbonyl (C=O) groups is 1. The average Bonchev–Trinajstić information content (AvgIpc) is 2.90. The van der Waals surface area contributed by atoms with Crippen LogP contribution in [0.15, 0.2) is 71.6 Å². The van der Waals surface area contributed by atoms with E-state index in [2.05, 4.69) is 14.9 Å². The number of sulfonamides is 1. The number of hydrogen-bond acceptors (Lipinski definition) is 6. The second-order valence-electron chi connectivity index (χ2n) is 8.83. The Morgan fingerprint density at radius 3 is 2.35 bits per heavy atom. The van der Waals surface area contributed by atoms with Gasteiger partial charge in [0.05, 0.1) is 24.8 Å². The van der Waals surface area contributed by atoms with Gasteiger partial charge in [-0.1, -0.05) is 29.8 Å². The molecule has 10 heteroatoms. The highest BCUT2D eigenvalue weighted by Crippen LogP contribution is 2.31. The van der Waals surface area contributed by atoms with Crippen molar-refractivity contribution in [2.75, 3.05) is 37.3 Å². The van der Waals surface area contributed by atoms with Crippen LogP contribution in [-0.2, 0) is 21.4 Å². The van der Waals surface area contributed by atoms with Gasteiger partial charge in [0.25, 0.3) is 10.0 Å². The molecule has 1 fully saturated rings. The second-order valence-corrected chi connectivity index (χ2v) is 10.9. The number of nitrogens with zero attached hydrogens (tertiary/aromatic N) is 1. The molecule has 0 bridgehead atoms. The average molecular weight is 544 g/mol. The van der Waals surface area contributed by atoms with Gasteiger partial charge in [0.15, 0.2) is 0 Å². The first-order valence-electron chi connectivity index (χ1n) is 11.9. The molecule has 196 valence electrons. The minimum atomic E-state index is -3.86. The molecule has 0 spiro atoms. The molecule has 1 aliphatic heterocycles. The highest BCUT2D eigenvalue weighted by Gasteiger charge is 2.25. The number of amides is 1. The lowest BCUT2D eigenvalue weighted by Crippen LogP contribution is -2.37. The summed E-state index contributed by atoms with van der Waals surface area (Å²) in [6, 6.07) is 18.7. The van der Waals surface area contributed by atoms with E-state index in [-0.39, 0.29) is 16.7 Å². The van der Waals surface area contributed by atoms with Crippen molar-refractivity contribution >= 4 is 38.9 Å². The lowest BCUT2D eigenvalue weighted by molar-refractivity contribution is -0.121. The Bertz CT molecular complexity index is 1340. The third kappa shape index (κ3) is 6.74. The van der Waals surface area contributed by atoms with Crippen LogP contribution in [0.2, 0.25) is 5.02 Å². The fraction of sp³-hybridized carbons (Fsp3) is 0.296. The van der Waals surface area contributed by atoms with Gasteiger partial charge < -0.3 is 14.8 Å². The zero-order chi connectivity index (χ0) is 26.4. The molecule has 8 nitrogen and oxygen atoms in total. The summed E-state index contributed by atoms with van der Waals surface area (Å²) >= 11 is 6.27. The van der Waals surface area contributed by atoms with Crippen LogP contribution in [-0.4, -0.2) is 46.5 Å². The Kier molecular flexibility index (Phi) is 8.58. The van der Waals surface area contributed by atoms with Crippen LogP contribution < -0.4 is 19.5 Å². The molecule has 4 rings (SSSR count). The number of anilines is 2. The van der Waals surface area contributed by atoms with E-state index >= 15 is 0 Å². The van der Waals surface area contributed by atoms with Crippen molar-refractivity contribution in [2.45, 2.75) is 24.3 Å². The molecule has 2 N–H and O–H groups in total. The van der Waals surface area contributed by atoms with Crippen molar-refractivity contribution in [3.05, 3.63) is 77.3 Å². The molecule has 37 heavy (non-hydrogen) atoms. The van der Waals surface area contributed by atoms with E-state index < -0.39 is 10.0 Å². The zero-order valence-electron chi connectivity index (χ0n) is 20.7. The van der Waals surface area contributed by atoms with Crippen molar-refractivity contribution in [3.8, 4) is 11.5 Å². The summed E-state index contributed by atoms with van der Waals surface area (Å²) < 4.78 is 38.7. The highest BCUT2D eigenvalue weighted by atomic mass is 35.5. The number of carbonyl (C=O) groups excluding carboxylic acids is 1. The van der Waals surface area contributed by atoms with E-state index in [4.69, 9.17) is 21.1 Å². The quantitative estimate of drug-likeness (QED) is 0.394. The summed E-state index contributed by atoms with van der Waals surface area (Å²) in [5.41, 5.74) is 1.92. The molecule has 0 aliphatic carbocycles. The Morgan fingerprint density at radius 2 is 1.70 bits per heavy atom. The molecule has 1 amide bonds. The normalized spacial score (nSPS) is 14.7. The molecular formula is C27H30ClN3O5S. The molecule has 1 saturated heterocycles. The number of benzene rings is 3. The van der Waals surface area contributed by atoms with Crippen LogP contribution in [0.3, 0.4) is 0 Å². The highest BCUT2D eigenvalue weighted by molar-refractivity contribution is 7.92. The van der Waals surface area contributed by atoms with E-state index in [1.807, 2.05) is 24.3 Å². The van der Waals surface area contributed by atoms with E-state index in [9.17, 15) is 13.2 Å². The molecule has 3 aromatic carbocycles. The number of piperidine rings is 1. The monoisotopic (exact) mass is 543 g/mol. The summed E-state index contributed by atoms with van der Waals surface area (Å²) in [5.74, 6) is 0.722. The van der Waals surface area contributed by atoms with E-state index in [1.165, 1.54) is 26.4 Å². The van der Waals surface area contributed by atoms with Crippen LogP contribution >= 0.6 is 11.6 Å². The number of hydrogen-bond donors (Lipinski definition) is 2. The zero-order valence-corrected chi connectivity index (χ0v) is 22.3. The van der Waals surface area contributed by atoms with Gasteiger partial charge in [-0.3, -0.25) is 14.4 Å². The first kappa shape index (κ1) is 26.8. The first-order valence-corrected chi connectivity index (χ1v) is 13.8. The van der Waals surface area contributed by atoms with Gasteiger partial charge >= 0.3 is 0 Å². The maximum Gasteiger partial charge on any atom is 0.262 e. The minimum Gasteiger partial charge on any atom is -0.497 e. The fourth-order valence-electron chi connectivity index (χ4n) is 4.27. The van der Waals surface area contributed by atoms with Crippen LogP contribution in [0.1, 0.15) is 18.4 Å². The Labute approximate surface area is 222 Å². The maximum atomic E-state index is 12.9. The third-order valence-corrected chi connectivity index (χ3v) is 8.15. The molecule has 1 heterocycles. The Hall–Kier alpha value is -3.27. The second kappa shape index (κ2) is 11.9. The van der Waals surface area contributed by atoms with Gasteiger partial charge in [-0.05, 0) is 74.0 Å². The van der Waals surface area contributed by atoms with Crippen molar-refractivity contribution < 1.29 is 22.7 Å². The Balaban J connectivity index is 1.32. The number of likely N-dealkylation sites (tertiary alicyclic amines) is 1. The number of halogens is 1. The molecule has 0 unspecified atom stereocenters. The number of rotatable bonds is 9. The van der Waals surface area contributed by atoms with E-state index in [1.54, 1.807) is 30.3 Å². The smallest absolute Gasteiger partial charge is 0.262 e. The van der Waals surface area contributed by atoms with Gasteiger partial charge in [0.2, 0.25) is 5.91 Å². The van der Waals surface area contributed by atoms with E-state index in [0.29, 0.717) is 22.9 Å². The van der Waals surface area contributed by atoms with Crippen molar-refractivity contribution in [1.82, 2.24) is 4.90 Å². The summed E-state index contributed by atoms with van der Waals surface area (Å²) in [6.07, 6.45) is 1.49. The fourth-order valence-corrected chi connectivity index (χ4v) is 5.53. The molecule has 0 aromatic heterocycles.